The highest BCUT2D eigenvalue weighted by molar-refractivity contribution is 7.97. The normalized spacial score (nSPS) is 29.3. The van der Waals surface area contributed by atoms with E-state index in [1.54, 1.807) is 11.9 Å². The number of pyridine rings is 1. The number of aromatic nitrogens is 1. The average molecular weight is 388 g/mol. The van der Waals surface area contributed by atoms with Crippen molar-refractivity contribution in [3.8, 4) is 0 Å². The number of nitrogens with zero attached hydrogens (tertiary/aromatic N) is 2. The predicted molar refractivity (Wildman–Crippen MR) is 112 cm³/mol. The summed E-state index contributed by atoms with van der Waals surface area (Å²) >= 11 is 1.73. The Kier molecular flexibility index (Phi) is 7.36. The molecule has 0 bridgehead atoms. The lowest BCUT2D eigenvalue weighted by molar-refractivity contribution is -0.127. The molecule has 0 spiro atoms. The number of aryl methyl sites for hydroxylation is 1. The fourth-order valence-corrected chi connectivity index (χ4v) is 4.97. The van der Waals surface area contributed by atoms with Gasteiger partial charge < -0.3 is 5.32 Å². The van der Waals surface area contributed by atoms with Gasteiger partial charge in [-0.3, -0.25) is 9.78 Å². The Morgan fingerprint density at radius 3 is 2.89 bits per heavy atom. The van der Waals surface area contributed by atoms with E-state index in [4.69, 9.17) is 0 Å². The maximum atomic E-state index is 13.0. The Labute approximate surface area is 168 Å². The lowest BCUT2D eigenvalue weighted by Crippen LogP contribution is -2.46. The predicted octanol–water partition coefficient (Wildman–Crippen LogP) is 4.75. The first-order chi connectivity index (χ1) is 13.0. The van der Waals surface area contributed by atoms with Crippen LogP contribution in [-0.2, 0) is 4.79 Å². The molecule has 0 radical (unpaired) electrons. The third-order valence-electron chi connectivity index (χ3n) is 5.84. The van der Waals surface area contributed by atoms with E-state index >= 15 is 0 Å². The third-order valence-corrected chi connectivity index (χ3v) is 6.88. The molecule has 2 heterocycles. The van der Waals surface area contributed by atoms with Crippen LogP contribution in [-0.4, -0.2) is 34.3 Å². The van der Waals surface area contributed by atoms with Gasteiger partial charge in [-0.1, -0.05) is 18.6 Å². The van der Waals surface area contributed by atoms with E-state index in [2.05, 4.69) is 40.6 Å². The maximum absolute atomic E-state index is 13.0. The quantitative estimate of drug-likeness (QED) is 0.598. The molecule has 148 valence electrons. The van der Waals surface area contributed by atoms with Gasteiger partial charge in [-0.2, -0.15) is 0 Å². The lowest BCUT2D eigenvalue weighted by Gasteiger charge is -2.33. The number of allylic oxidation sites excluding steroid dienone is 1. The van der Waals surface area contributed by atoms with Crippen molar-refractivity contribution in [2.75, 3.05) is 13.1 Å². The number of amides is 1. The topological polar surface area (TPSA) is 45.2 Å². The molecule has 4 nitrogen and oxygen atoms in total. The minimum absolute atomic E-state index is 0.0902. The van der Waals surface area contributed by atoms with Crippen molar-refractivity contribution in [2.24, 2.45) is 11.8 Å². The summed E-state index contributed by atoms with van der Waals surface area (Å²) in [5.41, 5.74) is 2.50. The molecule has 2 aliphatic rings. The SMILES string of the molecule is C/C1=C\CC(NC(=O)C2CCCN(Sc3ccc(C)nc3)C2)C(C)CCC1. The Morgan fingerprint density at radius 1 is 1.26 bits per heavy atom. The van der Waals surface area contributed by atoms with Gasteiger partial charge in [-0.05, 0) is 82.4 Å². The minimum atomic E-state index is 0.0902. The standard InChI is InChI=1S/C22H33N3OS/c1-16-6-4-7-17(2)21(12-9-16)24-22(26)19-8-5-13-25(15-19)27-20-11-10-18(3)23-14-20/h9-11,14,17,19,21H,4-8,12-13,15H2,1-3H3,(H,24,26)/b16-9+. The first-order valence-electron chi connectivity index (χ1n) is 10.3. The Hall–Kier alpha value is -1.33. The van der Waals surface area contributed by atoms with E-state index in [9.17, 15) is 4.79 Å². The second-order valence-electron chi connectivity index (χ2n) is 8.22. The monoisotopic (exact) mass is 387 g/mol. The lowest BCUT2D eigenvalue weighted by atomic mass is 9.88. The number of nitrogens with one attached hydrogen (secondary N) is 1. The summed E-state index contributed by atoms with van der Waals surface area (Å²) < 4.78 is 2.33. The van der Waals surface area contributed by atoms with Gasteiger partial charge in [-0.15, -0.1) is 0 Å². The number of rotatable bonds is 4. The molecule has 1 N–H and O–H groups in total. The molecule has 1 saturated heterocycles. The highest BCUT2D eigenvalue weighted by atomic mass is 32.2. The van der Waals surface area contributed by atoms with E-state index in [1.165, 1.54) is 24.8 Å². The molecule has 27 heavy (non-hydrogen) atoms. The van der Waals surface area contributed by atoms with E-state index < -0.39 is 0 Å². The van der Waals surface area contributed by atoms with Crippen LogP contribution in [0.25, 0.3) is 0 Å². The molecule has 0 aromatic carbocycles. The molecule has 1 aliphatic heterocycles. The molecule has 3 unspecified atom stereocenters. The van der Waals surface area contributed by atoms with Crippen LogP contribution in [0.15, 0.2) is 34.9 Å². The molecular formula is C22H33N3OS. The number of piperidine rings is 1. The van der Waals surface area contributed by atoms with Crippen molar-refractivity contribution in [1.82, 2.24) is 14.6 Å². The van der Waals surface area contributed by atoms with Crippen LogP contribution in [0.3, 0.4) is 0 Å². The van der Waals surface area contributed by atoms with Crippen molar-refractivity contribution in [2.45, 2.75) is 70.2 Å². The van der Waals surface area contributed by atoms with Gasteiger partial charge in [0, 0.05) is 35.9 Å². The largest absolute Gasteiger partial charge is 0.353 e. The van der Waals surface area contributed by atoms with Gasteiger partial charge >= 0.3 is 0 Å². The Bertz CT molecular complexity index is 658. The Morgan fingerprint density at radius 2 is 2.11 bits per heavy atom. The van der Waals surface area contributed by atoms with Crippen LogP contribution in [0, 0.1) is 18.8 Å². The van der Waals surface area contributed by atoms with E-state index in [0.717, 1.165) is 42.9 Å². The van der Waals surface area contributed by atoms with Gasteiger partial charge in [0.2, 0.25) is 5.91 Å². The smallest absolute Gasteiger partial charge is 0.224 e. The van der Waals surface area contributed by atoms with Crippen molar-refractivity contribution in [3.63, 3.8) is 0 Å². The maximum Gasteiger partial charge on any atom is 0.224 e. The zero-order valence-electron chi connectivity index (χ0n) is 16.9. The summed E-state index contributed by atoms with van der Waals surface area (Å²) in [5.74, 6) is 0.879. The van der Waals surface area contributed by atoms with Crippen molar-refractivity contribution >= 4 is 17.9 Å². The van der Waals surface area contributed by atoms with Gasteiger partial charge in [0.1, 0.15) is 0 Å². The summed E-state index contributed by atoms with van der Waals surface area (Å²) in [5, 5.41) is 3.39. The van der Waals surface area contributed by atoms with Crippen molar-refractivity contribution < 1.29 is 4.79 Å². The molecule has 5 heteroatoms. The second kappa shape index (κ2) is 9.74. The molecule has 0 saturated carbocycles. The zero-order chi connectivity index (χ0) is 19.2. The molecular weight excluding hydrogens is 354 g/mol. The van der Waals surface area contributed by atoms with Crippen LogP contribution in [0.4, 0.5) is 0 Å². The molecule has 1 amide bonds. The van der Waals surface area contributed by atoms with Crippen LogP contribution >= 0.6 is 11.9 Å². The first kappa shape index (κ1) is 20.4. The minimum Gasteiger partial charge on any atom is -0.353 e. The molecule has 3 rings (SSSR count). The van der Waals surface area contributed by atoms with Crippen LogP contribution in [0.1, 0.15) is 58.1 Å². The van der Waals surface area contributed by atoms with Crippen LogP contribution < -0.4 is 5.32 Å². The average Bonchev–Trinajstić information content (AvgIpc) is 2.66. The zero-order valence-corrected chi connectivity index (χ0v) is 17.7. The first-order valence-corrected chi connectivity index (χ1v) is 11.1. The summed E-state index contributed by atoms with van der Waals surface area (Å²) in [6.45, 7) is 8.35. The van der Waals surface area contributed by atoms with Gasteiger partial charge in [-0.25, -0.2) is 4.31 Å². The van der Waals surface area contributed by atoms with Crippen molar-refractivity contribution in [3.05, 3.63) is 35.7 Å². The highest BCUT2D eigenvalue weighted by Crippen LogP contribution is 2.29. The third kappa shape index (κ3) is 6.08. The van der Waals surface area contributed by atoms with E-state index in [1.807, 2.05) is 19.2 Å². The summed E-state index contributed by atoms with van der Waals surface area (Å²) in [7, 11) is 0. The fraction of sp³-hybridized carbons (Fsp3) is 0.636. The Balaban J connectivity index is 1.55. The molecule has 3 atom stereocenters. The van der Waals surface area contributed by atoms with Crippen LogP contribution in [0.5, 0.6) is 0 Å². The number of hydrogen-bond acceptors (Lipinski definition) is 4. The van der Waals surface area contributed by atoms with Gasteiger partial charge in [0.25, 0.3) is 0 Å². The molecule has 1 aromatic rings. The summed E-state index contributed by atoms with van der Waals surface area (Å²) in [6, 6.07) is 4.43. The van der Waals surface area contributed by atoms with Crippen molar-refractivity contribution in [1.29, 1.82) is 0 Å². The van der Waals surface area contributed by atoms with E-state index in [-0.39, 0.29) is 17.9 Å². The fourth-order valence-electron chi connectivity index (χ4n) is 3.96. The summed E-state index contributed by atoms with van der Waals surface area (Å²) in [6.07, 6.45) is 10.9. The molecule has 1 aliphatic carbocycles. The molecule has 1 fully saturated rings. The van der Waals surface area contributed by atoms with Gasteiger partial charge in [0.05, 0.1) is 5.92 Å². The number of carbonyl (C=O) groups excluding carboxylic acids is 1. The second-order valence-corrected chi connectivity index (χ2v) is 9.39. The molecule has 1 aromatic heterocycles. The highest BCUT2D eigenvalue weighted by Gasteiger charge is 2.29. The van der Waals surface area contributed by atoms with Crippen LogP contribution in [0.2, 0.25) is 0 Å². The number of carbonyl (C=O) groups is 1. The summed E-state index contributed by atoms with van der Waals surface area (Å²) in [4.78, 5) is 18.5. The van der Waals surface area contributed by atoms with E-state index in [0.29, 0.717) is 5.92 Å². The van der Waals surface area contributed by atoms with Gasteiger partial charge in [0.15, 0.2) is 0 Å². The number of hydrogen-bond donors (Lipinski definition) is 1.